The predicted molar refractivity (Wildman–Crippen MR) is 350 cm³/mol. The normalized spacial score (nSPS) is 9.74. The number of quaternary nitrogens is 1. The molecular formula is C67H132N5O16+. The van der Waals surface area contributed by atoms with E-state index in [1.807, 2.05) is 28.1 Å². The van der Waals surface area contributed by atoms with Gasteiger partial charge in [-0.25, -0.2) is 0 Å². The van der Waals surface area contributed by atoms with Crippen LogP contribution in [0.5, 0.6) is 0 Å². The van der Waals surface area contributed by atoms with Crippen molar-refractivity contribution >= 4 is 53.7 Å². The number of nitrogens with zero attached hydrogens (tertiary/aromatic N) is 3. The molecule has 0 radical (unpaired) electrons. The highest BCUT2D eigenvalue weighted by atomic mass is 16.5. The quantitative estimate of drug-likeness (QED) is 0.0191. The third kappa shape index (κ3) is 91.9. The Morgan fingerprint density at radius 1 is 0.443 bits per heavy atom. The molecule has 520 valence electrons. The summed E-state index contributed by atoms with van der Waals surface area (Å²) in [6.07, 6.45) is 29.8. The van der Waals surface area contributed by atoms with Gasteiger partial charge in [-0.2, -0.15) is 9.59 Å². The molecule has 0 fully saturated rings. The second-order valence-electron chi connectivity index (χ2n) is 21.3. The zero-order valence-corrected chi connectivity index (χ0v) is 57.9. The van der Waals surface area contributed by atoms with E-state index in [0.717, 1.165) is 110 Å². The number of carboxylic acid groups (broad SMARTS) is 1. The monoisotopic (exact) mass is 1260 g/mol. The first-order valence-electron chi connectivity index (χ1n) is 33.5. The fourth-order valence-electron chi connectivity index (χ4n) is 7.46. The number of rotatable bonds is 49. The van der Waals surface area contributed by atoms with Crippen molar-refractivity contribution in [3.63, 3.8) is 0 Å². The van der Waals surface area contributed by atoms with Crippen LogP contribution in [0.3, 0.4) is 0 Å². The zero-order valence-electron chi connectivity index (χ0n) is 57.9. The molecule has 0 saturated carbocycles. The molecule has 0 saturated heterocycles. The maximum atomic E-state index is 11.8. The Hall–Kier alpha value is -5.24. The lowest BCUT2D eigenvalue weighted by atomic mass is 10.1. The van der Waals surface area contributed by atoms with Gasteiger partial charge in [0.1, 0.15) is 0 Å². The minimum Gasteiger partial charge on any atom is -0.481 e. The van der Waals surface area contributed by atoms with Gasteiger partial charge in [0.25, 0.3) is 0 Å². The van der Waals surface area contributed by atoms with Crippen LogP contribution in [-0.2, 0) is 66.9 Å². The van der Waals surface area contributed by atoms with Crippen LogP contribution in [0.2, 0.25) is 0 Å². The van der Waals surface area contributed by atoms with Gasteiger partial charge in [0.2, 0.25) is 17.7 Å². The van der Waals surface area contributed by atoms with E-state index >= 15 is 0 Å². The topological polar surface area (TPSA) is 286 Å². The standard InChI is InChI=1S/C23H43NO5.C19H34O6.C9H19NO2.C7H13NO.2C4H11N.CO2/c1-4-6-7-8-11-16-22(26)29-20-14-12-17-23(27)28-19-13-9-10-15-21(25)24(3)18-5-2;1-2-3-4-5-8-13-18(22)25-16-11-9-14-19(23)24-15-10-6-7-12-17(20)21;1-3-7-10(2)9(12)6-4-5-8-11;1-4-6-8(3)7(9)5-2;2*1-3-4-5-2;2-1-3/h4-20H2,1-3H3;2-16H2,1H3,(H,20,21);11H,3-8H2,1-2H3;5H,2,4,6H2,1,3H3;2*5H,3-4H2,1-2H3;/p+1. The summed E-state index contributed by atoms with van der Waals surface area (Å²) in [6, 6.07) is 0. The largest absolute Gasteiger partial charge is 0.481 e. The number of hydrogen-bond acceptors (Lipinski definition) is 16. The van der Waals surface area contributed by atoms with Gasteiger partial charge >= 0.3 is 36.0 Å². The van der Waals surface area contributed by atoms with Gasteiger partial charge in [0, 0.05) is 92.3 Å². The number of amides is 3. The number of nitrogens with one attached hydrogen (secondary N) is 1. The summed E-state index contributed by atoms with van der Waals surface area (Å²) >= 11 is 0. The molecule has 3 amide bonds. The van der Waals surface area contributed by atoms with Crippen LogP contribution < -0.4 is 10.6 Å². The van der Waals surface area contributed by atoms with Crippen molar-refractivity contribution in [2.75, 3.05) is 101 Å². The van der Waals surface area contributed by atoms with Gasteiger partial charge in [0.15, 0.2) is 0 Å². The number of likely N-dealkylation sites (N-methyl/N-ethyl adjacent to an activating group) is 1. The van der Waals surface area contributed by atoms with Crippen molar-refractivity contribution in [1.82, 2.24) is 20.0 Å². The molecule has 21 heteroatoms. The van der Waals surface area contributed by atoms with Crippen LogP contribution in [0.25, 0.3) is 0 Å². The third-order valence-electron chi connectivity index (χ3n) is 12.6. The van der Waals surface area contributed by atoms with Crippen molar-refractivity contribution in [2.45, 2.75) is 267 Å². The van der Waals surface area contributed by atoms with Gasteiger partial charge in [-0.3, -0.25) is 38.4 Å². The molecule has 0 aromatic heterocycles. The summed E-state index contributed by atoms with van der Waals surface area (Å²) < 4.78 is 20.6. The number of hydrogen-bond donors (Lipinski definition) is 4. The lowest BCUT2D eigenvalue weighted by Gasteiger charge is -2.15. The maximum Gasteiger partial charge on any atom is 0.373 e. The molecule has 0 atom stereocenters. The van der Waals surface area contributed by atoms with Crippen molar-refractivity contribution in [1.29, 1.82) is 0 Å². The summed E-state index contributed by atoms with van der Waals surface area (Å²) in [4.78, 5) is 112. The van der Waals surface area contributed by atoms with Crippen molar-refractivity contribution in [2.24, 2.45) is 0 Å². The first kappa shape index (κ1) is 96.4. The highest BCUT2D eigenvalue weighted by Crippen LogP contribution is 2.10. The first-order chi connectivity index (χ1) is 42.2. The summed E-state index contributed by atoms with van der Waals surface area (Å²) in [5.41, 5.74) is 0. The highest BCUT2D eigenvalue weighted by Gasteiger charge is 2.10. The van der Waals surface area contributed by atoms with E-state index in [1.165, 1.54) is 64.0 Å². The molecule has 0 aliphatic heterocycles. The average Bonchev–Trinajstić information content (AvgIpc) is 3.50. The lowest BCUT2D eigenvalue weighted by Crippen LogP contribution is -2.79. The SMILES string of the molecule is C=CC(=O)N(C)CCC.CCCCCCCC(=O)OCCCCC(=O)OCCCCCC(=O)N(C)CCC.CCCCCCCC(=O)OCCCCC(=O)OCCCCCC(=O)O.CCCN(C)C(=O)CCCCO.CCCNC.CCC[NH2+]C.O=C=O. The number of aliphatic carboxylic acids is 1. The number of ether oxygens (including phenoxy) is 4. The molecule has 0 heterocycles. The molecule has 0 bridgehead atoms. The van der Waals surface area contributed by atoms with Gasteiger partial charge in [-0.05, 0) is 142 Å². The van der Waals surface area contributed by atoms with E-state index in [-0.39, 0.29) is 60.8 Å². The van der Waals surface area contributed by atoms with E-state index in [4.69, 9.17) is 38.7 Å². The molecule has 0 aliphatic carbocycles. The minimum absolute atomic E-state index is 0.00292. The van der Waals surface area contributed by atoms with Crippen LogP contribution >= 0.6 is 0 Å². The third-order valence-corrected chi connectivity index (χ3v) is 12.6. The first-order valence-corrected chi connectivity index (χ1v) is 33.5. The van der Waals surface area contributed by atoms with Crippen molar-refractivity contribution < 1.29 is 82.4 Å². The smallest absolute Gasteiger partial charge is 0.373 e. The fraction of sp³-hybridized carbons (Fsp3) is 0.836. The van der Waals surface area contributed by atoms with E-state index < -0.39 is 5.97 Å². The minimum atomic E-state index is -0.797. The summed E-state index contributed by atoms with van der Waals surface area (Å²) in [5.74, 6) is -1.17. The molecule has 5 N–H and O–H groups in total. The highest BCUT2D eigenvalue weighted by molar-refractivity contribution is 5.86. The molecule has 88 heavy (non-hydrogen) atoms. The molecule has 0 aliphatic rings. The van der Waals surface area contributed by atoms with E-state index in [9.17, 15) is 38.4 Å². The van der Waals surface area contributed by atoms with Gasteiger partial charge < -0.3 is 54.5 Å². The Bertz CT molecular complexity index is 1620. The summed E-state index contributed by atoms with van der Waals surface area (Å²) in [7, 11) is 9.48. The van der Waals surface area contributed by atoms with Gasteiger partial charge in [-0.15, -0.1) is 0 Å². The second-order valence-corrected chi connectivity index (χ2v) is 21.3. The molecule has 0 rings (SSSR count). The summed E-state index contributed by atoms with van der Waals surface area (Å²) in [5, 5.41) is 22.2. The lowest BCUT2D eigenvalue weighted by molar-refractivity contribution is -0.626. The van der Waals surface area contributed by atoms with E-state index in [2.05, 4.69) is 65.8 Å². The molecule has 0 spiro atoms. The predicted octanol–water partition coefficient (Wildman–Crippen LogP) is 11.0. The number of nitrogens with two attached hydrogens (primary N) is 1. The zero-order chi connectivity index (χ0) is 68.1. The molecule has 0 aromatic rings. The number of esters is 4. The molecular weight excluding hydrogens is 1130 g/mol. The molecule has 21 nitrogen and oxygen atoms in total. The Morgan fingerprint density at radius 2 is 0.750 bits per heavy atom. The number of carbonyl (C=O) groups is 8. The maximum absolute atomic E-state index is 11.8. The second kappa shape index (κ2) is 83.8. The Labute approximate surface area is 534 Å². The van der Waals surface area contributed by atoms with Gasteiger partial charge in [-0.1, -0.05) is 106 Å². The Morgan fingerprint density at radius 3 is 1.02 bits per heavy atom. The Kier molecular flexibility index (Phi) is 91.8. The van der Waals surface area contributed by atoms with Crippen molar-refractivity contribution in [3.8, 4) is 0 Å². The number of unbranched alkanes of at least 4 members (excludes halogenated alkanes) is 15. The molecule has 0 aromatic carbocycles. The number of carbonyl (C=O) groups excluding carboxylic acids is 9. The summed E-state index contributed by atoms with van der Waals surface area (Å²) in [6.45, 7) is 24.7. The van der Waals surface area contributed by atoms with E-state index in [1.54, 1.807) is 21.7 Å². The van der Waals surface area contributed by atoms with E-state index in [0.29, 0.717) is 103 Å². The number of aliphatic hydroxyl groups is 1. The fourth-order valence-corrected chi connectivity index (χ4v) is 7.46. The van der Waals surface area contributed by atoms with Crippen LogP contribution in [0.1, 0.15) is 267 Å². The Balaban J connectivity index is -0.000000198. The van der Waals surface area contributed by atoms with Gasteiger partial charge in [0.05, 0.1) is 40.0 Å². The van der Waals surface area contributed by atoms with Crippen molar-refractivity contribution in [3.05, 3.63) is 12.7 Å². The van der Waals surface area contributed by atoms with Crippen LogP contribution in [0.4, 0.5) is 0 Å². The average molecular weight is 1260 g/mol. The number of aliphatic hydroxyl groups excluding tert-OH is 1. The van der Waals surface area contributed by atoms with Crippen LogP contribution in [-0.4, -0.2) is 180 Å². The molecule has 0 unspecified atom stereocenters. The number of carboxylic acids is 1. The van der Waals surface area contributed by atoms with Crippen LogP contribution in [0.15, 0.2) is 12.7 Å². The van der Waals surface area contributed by atoms with Crippen LogP contribution in [0, 0.1) is 0 Å².